The molecule has 1 aromatic rings. The minimum Gasteiger partial charge on any atom is -0.308 e. The lowest BCUT2D eigenvalue weighted by Crippen LogP contribution is -1.82. The topological polar surface area (TPSA) is 23.9 Å². The molecule has 17 heavy (non-hydrogen) atoms. The average Bonchev–Trinajstić information content (AvgIpc) is 2.37. The molecule has 0 unspecified atom stereocenters. The van der Waals surface area contributed by atoms with E-state index in [1.807, 2.05) is 24.8 Å². The SMILES string of the molecule is CC/C=C(/C=C(/C)C=N)SCc1ccccc1. The lowest BCUT2D eigenvalue weighted by molar-refractivity contribution is 1.22. The Balaban J connectivity index is 2.63. The van der Waals surface area contributed by atoms with Crippen LogP contribution in [0.15, 0.2) is 53.0 Å². The zero-order chi connectivity index (χ0) is 12.5. The summed E-state index contributed by atoms with van der Waals surface area (Å²) in [4.78, 5) is 1.25. The van der Waals surface area contributed by atoms with Crippen molar-refractivity contribution in [1.29, 1.82) is 5.41 Å². The number of allylic oxidation sites excluding steroid dienone is 3. The molecule has 90 valence electrons. The Hall–Kier alpha value is -1.28. The Labute approximate surface area is 108 Å². The molecule has 0 aliphatic rings. The summed E-state index contributed by atoms with van der Waals surface area (Å²) in [5, 5.41) is 7.20. The largest absolute Gasteiger partial charge is 0.308 e. The Bertz CT molecular complexity index is 404. The monoisotopic (exact) mass is 245 g/mol. The zero-order valence-electron chi connectivity index (χ0n) is 10.4. The molecule has 0 radical (unpaired) electrons. The van der Waals surface area contributed by atoms with Crippen LogP contribution in [0.5, 0.6) is 0 Å². The van der Waals surface area contributed by atoms with E-state index >= 15 is 0 Å². The van der Waals surface area contributed by atoms with E-state index in [-0.39, 0.29) is 0 Å². The number of thioether (sulfide) groups is 1. The average molecular weight is 245 g/mol. The van der Waals surface area contributed by atoms with E-state index < -0.39 is 0 Å². The molecule has 1 rings (SSSR count). The maximum absolute atomic E-state index is 7.20. The minimum absolute atomic E-state index is 0.981. The minimum atomic E-state index is 0.981. The van der Waals surface area contributed by atoms with Gasteiger partial charge in [-0.3, -0.25) is 0 Å². The van der Waals surface area contributed by atoms with Crippen molar-refractivity contribution in [2.75, 3.05) is 0 Å². The molecule has 1 N–H and O–H groups in total. The van der Waals surface area contributed by atoms with Crippen LogP contribution >= 0.6 is 11.8 Å². The van der Waals surface area contributed by atoms with Crippen molar-refractivity contribution >= 4 is 18.0 Å². The molecule has 0 heterocycles. The summed E-state index contributed by atoms with van der Waals surface area (Å²) in [5.74, 6) is 0.981. The van der Waals surface area contributed by atoms with E-state index in [1.165, 1.54) is 16.7 Å². The standard InChI is InChI=1S/C15H19NS/c1-3-7-15(10-13(2)11-16)17-12-14-8-5-4-6-9-14/h4-11,16H,3,12H2,1-2H3/b13-10-,15-7-,16-11?. The third-order valence-electron chi connectivity index (χ3n) is 2.25. The Morgan fingerprint density at radius 2 is 2.00 bits per heavy atom. The van der Waals surface area contributed by atoms with Crippen molar-refractivity contribution in [3.63, 3.8) is 0 Å². The third-order valence-corrected chi connectivity index (χ3v) is 3.35. The summed E-state index contributed by atoms with van der Waals surface area (Å²) in [6.45, 7) is 4.09. The van der Waals surface area contributed by atoms with E-state index in [9.17, 15) is 0 Å². The third kappa shape index (κ3) is 5.55. The maximum Gasteiger partial charge on any atom is 0.0231 e. The van der Waals surface area contributed by atoms with Crippen LogP contribution in [0.4, 0.5) is 0 Å². The number of hydrogen-bond donors (Lipinski definition) is 1. The smallest absolute Gasteiger partial charge is 0.0231 e. The normalized spacial score (nSPS) is 12.6. The van der Waals surface area contributed by atoms with E-state index in [2.05, 4.69) is 43.3 Å². The molecule has 0 atom stereocenters. The Kier molecular flexibility index (Phi) is 6.41. The molecule has 1 nitrogen and oxygen atoms in total. The highest BCUT2D eigenvalue weighted by Gasteiger charge is 1.97. The maximum atomic E-state index is 7.20. The highest BCUT2D eigenvalue weighted by atomic mass is 32.2. The van der Waals surface area contributed by atoms with Crippen molar-refractivity contribution in [3.05, 3.63) is 58.5 Å². The van der Waals surface area contributed by atoms with Crippen molar-refractivity contribution in [2.24, 2.45) is 0 Å². The first-order chi connectivity index (χ1) is 8.26. The molecule has 0 aromatic heterocycles. The molecule has 0 fully saturated rings. The number of hydrogen-bond acceptors (Lipinski definition) is 2. The first-order valence-corrected chi connectivity index (χ1v) is 6.80. The molecule has 1 aromatic carbocycles. The Morgan fingerprint density at radius 3 is 2.59 bits per heavy atom. The van der Waals surface area contributed by atoms with Gasteiger partial charge in [-0.15, -0.1) is 11.8 Å². The Morgan fingerprint density at radius 1 is 1.29 bits per heavy atom. The number of nitrogens with one attached hydrogen (secondary N) is 1. The van der Waals surface area contributed by atoms with Crippen LogP contribution < -0.4 is 0 Å². The first kappa shape index (κ1) is 13.8. The van der Waals surface area contributed by atoms with Crippen LogP contribution in [0.2, 0.25) is 0 Å². The van der Waals surface area contributed by atoms with Crippen molar-refractivity contribution in [1.82, 2.24) is 0 Å². The van der Waals surface area contributed by atoms with Crippen LogP contribution in [0, 0.1) is 5.41 Å². The lowest BCUT2D eigenvalue weighted by atomic mass is 10.2. The van der Waals surface area contributed by atoms with Gasteiger partial charge in [-0.05, 0) is 30.6 Å². The van der Waals surface area contributed by atoms with Crippen molar-refractivity contribution < 1.29 is 0 Å². The van der Waals surface area contributed by atoms with Crippen LogP contribution in [-0.2, 0) is 5.75 Å². The molecule has 0 saturated carbocycles. The molecule has 2 heteroatoms. The fourth-order valence-electron chi connectivity index (χ4n) is 1.37. The quantitative estimate of drug-likeness (QED) is 0.564. The predicted molar refractivity (Wildman–Crippen MR) is 78.7 cm³/mol. The van der Waals surface area contributed by atoms with Gasteiger partial charge in [0.05, 0.1) is 0 Å². The molecule has 0 bridgehead atoms. The van der Waals surface area contributed by atoms with Crippen LogP contribution in [0.25, 0.3) is 0 Å². The molecular formula is C15H19NS. The van der Waals surface area contributed by atoms with Gasteiger partial charge in [-0.2, -0.15) is 0 Å². The van der Waals surface area contributed by atoms with E-state index in [1.54, 1.807) is 0 Å². The fourth-order valence-corrected chi connectivity index (χ4v) is 2.45. The molecule has 0 aliphatic heterocycles. The second kappa shape index (κ2) is 7.91. The van der Waals surface area contributed by atoms with Gasteiger partial charge in [-0.25, -0.2) is 0 Å². The second-order valence-electron chi connectivity index (χ2n) is 3.82. The van der Waals surface area contributed by atoms with Crippen molar-refractivity contribution in [2.45, 2.75) is 26.0 Å². The summed E-state index contributed by atoms with van der Waals surface area (Å²) < 4.78 is 0. The van der Waals surface area contributed by atoms with Gasteiger partial charge in [0.2, 0.25) is 0 Å². The zero-order valence-corrected chi connectivity index (χ0v) is 11.3. The molecule has 0 saturated heterocycles. The summed E-state index contributed by atoms with van der Waals surface area (Å²) in [6.07, 6.45) is 6.70. The van der Waals surface area contributed by atoms with Crippen LogP contribution in [-0.4, -0.2) is 6.21 Å². The van der Waals surface area contributed by atoms with E-state index in [0.717, 1.165) is 17.7 Å². The van der Waals surface area contributed by atoms with Gasteiger partial charge in [0.1, 0.15) is 0 Å². The van der Waals surface area contributed by atoms with Crippen LogP contribution in [0.1, 0.15) is 25.8 Å². The van der Waals surface area contributed by atoms with Gasteiger partial charge < -0.3 is 5.41 Å². The molecular weight excluding hydrogens is 226 g/mol. The molecule has 0 spiro atoms. The number of rotatable bonds is 6. The van der Waals surface area contributed by atoms with Gasteiger partial charge in [-0.1, -0.05) is 43.3 Å². The fraction of sp³-hybridized carbons (Fsp3) is 0.267. The predicted octanol–water partition coefficient (Wildman–Crippen LogP) is 4.81. The van der Waals surface area contributed by atoms with Gasteiger partial charge in [0, 0.05) is 16.9 Å². The van der Waals surface area contributed by atoms with Gasteiger partial charge in [0.25, 0.3) is 0 Å². The van der Waals surface area contributed by atoms with Crippen LogP contribution in [0.3, 0.4) is 0 Å². The summed E-state index contributed by atoms with van der Waals surface area (Å²) >= 11 is 1.82. The summed E-state index contributed by atoms with van der Waals surface area (Å²) in [5.41, 5.74) is 2.32. The van der Waals surface area contributed by atoms with E-state index in [4.69, 9.17) is 5.41 Å². The summed E-state index contributed by atoms with van der Waals surface area (Å²) in [6, 6.07) is 10.5. The highest BCUT2D eigenvalue weighted by Crippen LogP contribution is 2.23. The van der Waals surface area contributed by atoms with Gasteiger partial charge >= 0.3 is 0 Å². The lowest BCUT2D eigenvalue weighted by Gasteiger charge is -2.03. The van der Waals surface area contributed by atoms with Crippen molar-refractivity contribution in [3.8, 4) is 0 Å². The van der Waals surface area contributed by atoms with E-state index in [0.29, 0.717) is 0 Å². The molecule has 0 amide bonds. The second-order valence-corrected chi connectivity index (χ2v) is 4.87. The molecule has 0 aliphatic carbocycles. The highest BCUT2D eigenvalue weighted by molar-refractivity contribution is 8.02. The first-order valence-electron chi connectivity index (χ1n) is 5.82. The summed E-state index contributed by atoms with van der Waals surface area (Å²) in [7, 11) is 0. The van der Waals surface area contributed by atoms with Gasteiger partial charge in [0.15, 0.2) is 0 Å². The number of benzene rings is 1.